The maximum atomic E-state index is 8.09. The van der Waals surface area contributed by atoms with Gasteiger partial charge in [0.2, 0.25) is 0 Å². The number of aliphatic hydroxyl groups excluding tert-OH is 2. The van der Waals surface area contributed by atoms with Crippen LogP contribution >= 0.6 is 11.9 Å². The van der Waals surface area contributed by atoms with Crippen molar-refractivity contribution in [1.29, 1.82) is 0 Å². The second kappa shape index (κ2) is 16.4. The zero-order valence-corrected chi connectivity index (χ0v) is 6.96. The highest BCUT2D eigenvalue weighted by Crippen LogP contribution is 1.72. The van der Waals surface area contributed by atoms with Crippen molar-refractivity contribution in [3.63, 3.8) is 0 Å². The molecular weight excluding hydrogens is 172 g/mol. The lowest BCUT2D eigenvalue weighted by molar-refractivity contribution is 0.0650. The molecule has 4 nitrogen and oxygen atoms in total. The Bertz CT molecular complexity index is 65.6. The number of rotatable bonds is 5. The summed E-state index contributed by atoms with van der Waals surface area (Å²) in [6.45, 7) is 3.82. The van der Waals surface area contributed by atoms with Gasteiger partial charge in [-0.05, 0) is 0 Å². The van der Waals surface area contributed by atoms with Crippen molar-refractivity contribution in [3.05, 3.63) is 12.8 Å². The molecule has 2 N–H and O–H groups in total. The van der Waals surface area contributed by atoms with E-state index in [1.807, 2.05) is 0 Å². The van der Waals surface area contributed by atoms with Crippen molar-refractivity contribution < 1.29 is 19.2 Å². The Labute approximate surface area is 71.2 Å². The molecule has 0 radical (unpaired) electrons. The largest absolute Gasteiger partial charge is 0.394 e. The van der Waals surface area contributed by atoms with Gasteiger partial charge in [0, 0.05) is 0 Å². The average molecular weight is 185 g/mol. The lowest BCUT2D eigenvalue weighted by Crippen LogP contribution is -2.03. The molecule has 0 aliphatic heterocycles. The van der Waals surface area contributed by atoms with Gasteiger partial charge in [-0.25, -0.2) is 0 Å². The summed E-state index contributed by atoms with van der Waals surface area (Å²) < 4.78 is 8.41. The summed E-state index contributed by atoms with van der Waals surface area (Å²) in [7, 11) is 0. The third-order valence-corrected chi connectivity index (χ3v) is 0.660. The van der Waals surface area contributed by atoms with Gasteiger partial charge in [-0.3, -0.25) is 0 Å². The highest BCUT2D eigenvalue weighted by molar-refractivity contribution is 6.07. The topological polar surface area (TPSA) is 58.9 Å². The normalized spacial score (nSPS) is 7.91. The molecule has 0 atom stereocenters. The van der Waals surface area contributed by atoms with Gasteiger partial charge in [-0.1, -0.05) is 6.58 Å². The van der Waals surface area contributed by atoms with Crippen molar-refractivity contribution in [2.24, 2.45) is 0 Å². The Balaban J connectivity index is 0. The van der Waals surface area contributed by atoms with Crippen LogP contribution in [0, 0.1) is 0 Å². The summed E-state index contributed by atoms with van der Waals surface area (Å²) in [6.07, 6.45) is 1.14. The van der Waals surface area contributed by atoms with Gasteiger partial charge in [0.1, 0.15) is 18.1 Å². The number of hydrogen-bond acceptors (Lipinski definition) is 4. The van der Waals surface area contributed by atoms with Crippen LogP contribution in [0.15, 0.2) is 12.8 Å². The molecule has 0 aromatic rings. The Morgan fingerprint density at radius 3 is 1.82 bits per heavy atom. The zero-order chi connectivity index (χ0) is 8.95. The SMILES string of the molecule is C=COCl.OCCOCCO. The summed E-state index contributed by atoms with van der Waals surface area (Å²) in [5.41, 5.74) is 0. The van der Waals surface area contributed by atoms with Gasteiger partial charge in [0.05, 0.1) is 26.4 Å². The van der Waals surface area contributed by atoms with E-state index in [4.69, 9.17) is 10.2 Å². The molecule has 0 aliphatic carbocycles. The van der Waals surface area contributed by atoms with Gasteiger partial charge in [-0.15, -0.1) is 0 Å². The highest BCUT2D eigenvalue weighted by atomic mass is 35.5. The van der Waals surface area contributed by atoms with E-state index in [-0.39, 0.29) is 13.2 Å². The Morgan fingerprint density at radius 2 is 1.64 bits per heavy atom. The van der Waals surface area contributed by atoms with Gasteiger partial charge < -0.3 is 19.2 Å². The van der Waals surface area contributed by atoms with Crippen LogP contribution in [-0.2, 0) is 9.03 Å². The lowest BCUT2D eigenvalue weighted by Gasteiger charge is -1.94. The van der Waals surface area contributed by atoms with Crippen LogP contribution in [0.3, 0.4) is 0 Å². The standard InChI is InChI=1S/C4H10O3.C2H3ClO/c5-1-3-7-4-2-6;1-2-4-3/h5-6H,1-4H2;2H,1H2. The van der Waals surface area contributed by atoms with Crippen LogP contribution in [0.2, 0.25) is 0 Å². The fourth-order valence-corrected chi connectivity index (χ4v) is 0.231. The summed E-state index contributed by atoms with van der Waals surface area (Å²) in [6, 6.07) is 0. The number of aliphatic hydroxyl groups is 2. The average Bonchev–Trinajstić information content (AvgIpc) is 2.06. The fourth-order valence-electron chi connectivity index (χ4n) is 0.231. The molecule has 0 rings (SSSR count). The first-order chi connectivity index (χ1) is 5.33. The number of ether oxygens (including phenoxy) is 1. The highest BCUT2D eigenvalue weighted by Gasteiger charge is 1.79. The molecule has 11 heavy (non-hydrogen) atoms. The van der Waals surface area contributed by atoms with E-state index in [1.165, 1.54) is 0 Å². The number of halogens is 1. The molecule has 0 aromatic heterocycles. The predicted octanol–water partition coefficient (Wildman–Crippen LogP) is 0.288. The van der Waals surface area contributed by atoms with Gasteiger partial charge >= 0.3 is 0 Å². The van der Waals surface area contributed by atoms with Crippen LogP contribution in [0.25, 0.3) is 0 Å². The summed E-state index contributed by atoms with van der Waals surface area (Å²) >= 11 is 4.57. The van der Waals surface area contributed by atoms with E-state index in [0.29, 0.717) is 13.2 Å². The molecule has 0 amide bonds. The minimum absolute atomic E-state index is 0.0278. The van der Waals surface area contributed by atoms with Crippen molar-refractivity contribution in [3.8, 4) is 0 Å². The second-order valence-electron chi connectivity index (χ2n) is 1.32. The Morgan fingerprint density at radius 1 is 1.27 bits per heavy atom. The maximum Gasteiger partial charge on any atom is 0.134 e. The summed E-state index contributed by atoms with van der Waals surface area (Å²) in [4.78, 5) is 0. The molecule has 0 saturated carbocycles. The predicted molar refractivity (Wildman–Crippen MR) is 42.1 cm³/mol. The van der Waals surface area contributed by atoms with E-state index < -0.39 is 0 Å². The molecule has 0 heterocycles. The third kappa shape index (κ3) is 26.0. The zero-order valence-electron chi connectivity index (χ0n) is 6.20. The van der Waals surface area contributed by atoms with Gasteiger partial charge in [0.15, 0.2) is 0 Å². The fraction of sp³-hybridized carbons (Fsp3) is 0.667. The first kappa shape index (κ1) is 13.3. The summed E-state index contributed by atoms with van der Waals surface area (Å²) in [5.74, 6) is 0. The number of hydrogen-bond donors (Lipinski definition) is 2. The first-order valence-corrected chi connectivity index (χ1v) is 3.32. The smallest absolute Gasteiger partial charge is 0.134 e. The van der Waals surface area contributed by atoms with Crippen molar-refractivity contribution in [2.75, 3.05) is 26.4 Å². The lowest BCUT2D eigenvalue weighted by atomic mass is 10.7. The molecule has 0 bridgehead atoms. The molecule has 68 valence electrons. The molecule has 0 unspecified atom stereocenters. The summed E-state index contributed by atoms with van der Waals surface area (Å²) in [5, 5.41) is 16.2. The van der Waals surface area contributed by atoms with Crippen LogP contribution in [0.5, 0.6) is 0 Å². The molecule has 5 heteroatoms. The van der Waals surface area contributed by atoms with Gasteiger partial charge in [0.25, 0.3) is 0 Å². The monoisotopic (exact) mass is 184 g/mol. The first-order valence-electron chi connectivity index (χ1n) is 3.01. The van der Waals surface area contributed by atoms with E-state index in [9.17, 15) is 0 Å². The molecule has 0 aliphatic rings. The molecule has 0 fully saturated rings. The molecular formula is C6H13ClO4. The molecule has 0 saturated heterocycles. The van der Waals surface area contributed by atoms with Crippen molar-refractivity contribution in [2.45, 2.75) is 0 Å². The van der Waals surface area contributed by atoms with Crippen LogP contribution in [0.4, 0.5) is 0 Å². The van der Waals surface area contributed by atoms with Crippen molar-refractivity contribution in [1.82, 2.24) is 0 Å². The Kier molecular flexibility index (Phi) is 19.8. The van der Waals surface area contributed by atoms with Crippen molar-refractivity contribution >= 4 is 11.9 Å². The van der Waals surface area contributed by atoms with Gasteiger partial charge in [-0.2, -0.15) is 0 Å². The minimum Gasteiger partial charge on any atom is -0.394 e. The van der Waals surface area contributed by atoms with Crippen LogP contribution in [0.1, 0.15) is 0 Å². The van der Waals surface area contributed by atoms with E-state index in [2.05, 4.69) is 27.5 Å². The second-order valence-corrected chi connectivity index (χ2v) is 1.49. The van der Waals surface area contributed by atoms with E-state index >= 15 is 0 Å². The van der Waals surface area contributed by atoms with Crippen LogP contribution in [-0.4, -0.2) is 36.6 Å². The van der Waals surface area contributed by atoms with E-state index in [0.717, 1.165) is 6.26 Å². The van der Waals surface area contributed by atoms with E-state index in [1.54, 1.807) is 0 Å². The molecule has 0 spiro atoms. The quantitative estimate of drug-likeness (QED) is 0.476. The Hall–Kier alpha value is -0.290. The third-order valence-electron chi connectivity index (χ3n) is 0.534. The van der Waals surface area contributed by atoms with Crippen LogP contribution < -0.4 is 0 Å². The maximum absolute atomic E-state index is 8.09. The molecule has 0 aromatic carbocycles. The minimum atomic E-state index is 0.0278.